The van der Waals surface area contributed by atoms with Crippen LogP contribution in [0.15, 0.2) is 60.7 Å². The van der Waals surface area contributed by atoms with Gasteiger partial charge in [-0.25, -0.2) is 4.68 Å². The fraction of sp³-hybridized carbons (Fsp3) is 0.167. The van der Waals surface area contributed by atoms with Crippen LogP contribution in [0.25, 0.3) is 17.3 Å². The number of rotatable bonds is 2. The first-order chi connectivity index (χ1) is 14.9. The van der Waals surface area contributed by atoms with Crippen LogP contribution in [-0.2, 0) is 12.6 Å². The smallest absolute Gasteiger partial charge is 0.267 e. The number of aromatic nitrogens is 1. The quantitative estimate of drug-likeness (QED) is 0.515. The SMILES string of the molecule is O=C1c2ccccc2C(=O)N1n1c(-c2ccc(C(F)(F)F)cc2)cc2c1CCCC=C2. The monoisotopic (exact) mass is 422 g/mol. The molecular formula is C24H17F3N2O2. The van der Waals surface area contributed by atoms with E-state index in [1.54, 1.807) is 28.9 Å². The van der Waals surface area contributed by atoms with E-state index in [2.05, 4.69) is 0 Å². The molecule has 0 saturated heterocycles. The maximum Gasteiger partial charge on any atom is 0.416 e. The van der Waals surface area contributed by atoms with E-state index >= 15 is 0 Å². The molecule has 2 aliphatic rings. The lowest BCUT2D eigenvalue weighted by molar-refractivity contribution is -0.137. The number of amides is 2. The van der Waals surface area contributed by atoms with Crippen molar-refractivity contribution in [3.8, 4) is 11.3 Å². The second-order valence-electron chi connectivity index (χ2n) is 7.58. The average Bonchev–Trinajstić information content (AvgIpc) is 3.10. The number of imide groups is 1. The van der Waals surface area contributed by atoms with E-state index < -0.39 is 23.6 Å². The predicted octanol–water partition coefficient (Wildman–Crippen LogP) is 5.46. The third-order valence-corrected chi connectivity index (χ3v) is 5.67. The van der Waals surface area contributed by atoms with Crippen molar-refractivity contribution in [3.05, 3.63) is 88.6 Å². The van der Waals surface area contributed by atoms with Gasteiger partial charge in [-0.05, 0) is 55.2 Å². The van der Waals surface area contributed by atoms with Crippen molar-refractivity contribution >= 4 is 17.9 Å². The van der Waals surface area contributed by atoms with E-state index in [-0.39, 0.29) is 0 Å². The summed E-state index contributed by atoms with van der Waals surface area (Å²) in [6.07, 6.45) is 1.86. The van der Waals surface area contributed by atoms with Gasteiger partial charge in [-0.3, -0.25) is 9.59 Å². The minimum atomic E-state index is -4.44. The third-order valence-electron chi connectivity index (χ3n) is 5.67. The number of alkyl halides is 3. The highest BCUT2D eigenvalue weighted by molar-refractivity contribution is 6.30. The normalized spacial score (nSPS) is 15.8. The summed E-state index contributed by atoms with van der Waals surface area (Å²) in [5.41, 5.74) is 2.51. The zero-order valence-electron chi connectivity index (χ0n) is 16.3. The Hall–Kier alpha value is -3.61. The van der Waals surface area contributed by atoms with Gasteiger partial charge in [-0.2, -0.15) is 18.2 Å². The van der Waals surface area contributed by atoms with Crippen LogP contribution in [0.2, 0.25) is 0 Å². The van der Waals surface area contributed by atoms with Gasteiger partial charge in [0.15, 0.2) is 0 Å². The number of allylic oxidation sites excluding steroid dienone is 1. The number of hydrogen-bond acceptors (Lipinski definition) is 2. The van der Waals surface area contributed by atoms with Crippen molar-refractivity contribution in [2.45, 2.75) is 25.4 Å². The van der Waals surface area contributed by atoms with Crippen molar-refractivity contribution in [3.63, 3.8) is 0 Å². The summed E-state index contributed by atoms with van der Waals surface area (Å²) < 4.78 is 40.6. The molecule has 3 aromatic rings. The minimum Gasteiger partial charge on any atom is -0.267 e. The van der Waals surface area contributed by atoms with Crippen molar-refractivity contribution in [1.82, 2.24) is 4.68 Å². The second-order valence-corrected chi connectivity index (χ2v) is 7.58. The molecule has 1 aliphatic carbocycles. The molecule has 2 amide bonds. The Labute approximate surface area is 176 Å². The summed E-state index contributed by atoms with van der Waals surface area (Å²) in [5.74, 6) is -0.888. The van der Waals surface area contributed by atoms with Gasteiger partial charge in [-0.15, -0.1) is 0 Å². The van der Waals surface area contributed by atoms with E-state index in [0.29, 0.717) is 28.8 Å². The highest BCUT2D eigenvalue weighted by atomic mass is 19.4. The number of nitrogens with zero attached hydrogens (tertiary/aromatic N) is 2. The van der Waals surface area contributed by atoms with Gasteiger partial charge >= 0.3 is 6.18 Å². The number of carbonyl (C=O) groups is 2. The molecule has 156 valence electrons. The molecule has 1 aliphatic heterocycles. The maximum absolute atomic E-state index is 13.2. The van der Waals surface area contributed by atoms with E-state index in [1.807, 2.05) is 18.2 Å². The van der Waals surface area contributed by atoms with Crippen LogP contribution in [0.5, 0.6) is 0 Å². The Bertz CT molecular complexity index is 1200. The summed E-state index contributed by atoms with van der Waals surface area (Å²) in [4.78, 5) is 26.3. The first-order valence-electron chi connectivity index (χ1n) is 9.93. The largest absolute Gasteiger partial charge is 0.416 e. The number of halogens is 3. The molecule has 2 aromatic carbocycles. The standard InChI is InChI=1S/C24H17F3N2O2/c25-24(26,27)17-12-10-15(11-13-17)21-14-16-6-2-1-3-9-20(16)28(21)29-22(30)18-7-4-5-8-19(18)23(29)31/h2,4-8,10-14H,1,3,9H2. The van der Waals surface area contributed by atoms with Crippen LogP contribution >= 0.6 is 0 Å². The number of benzene rings is 2. The number of fused-ring (bicyclic) bond motifs is 2. The predicted molar refractivity (Wildman–Crippen MR) is 110 cm³/mol. The van der Waals surface area contributed by atoms with Gasteiger partial charge < -0.3 is 0 Å². The third kappa shape index (κ3) is 3.08. The Morgan fingerprint density at radius 2 is 1.52 bits per heavy atom. The first-order valence-corrected chi connectivity index (χ1v) is 9.93. The van der Waals surface area contributed by atoms with E-state index in [0.717, 1.165) is 41.2 Å². The summed E-state index contributed by atoms with van der Waals surface area (Å²) in [6.45, 7) is 0. The molecule has 5 rings (SSSR count). The zero-order chi connectivity index (χ0) is 21.8. The molecule has 4 nitrogen and oxygen atoms in total. The van der Waals surface area contributed by atoms with Crippen LogP contribution < -0.4 is 5.01 Å². The highest BCUT2D eigenvalue weighted by Gasteiger charge is 2.39. The fourth-order valence-electron chi connectivity index (χ4n) is 4.17. The van der Waals surface area contributed by atoms with Crippen molar-refractivity contribution in [1.29, 1.82) is 0 Å². The summed E-state index contributed by atoms with van der Waals surface area (Å²) in [5, 5.41) is 1.11. The topological polar surface area (TPSA) is 42.3 Å². The maximum atomic E-state index is 13.2. The van der Waals surface area contributed by atoms with Crippen LogP contribution in [-0.4, -0.2) is 16.5 Å². The molecule has 2 heterocycles. The van der Waals surface area contributed by atoms with Gasteiger partial charge in [0.1, 0.15) is 0 Å². The van der Waals surface area contributed by atoms with Crippen LogP contribution in [0.1, 0.15) is 50.4 Å². The van der Waals surface area contributed by atoms with Gasteiger partial charge in [0.05, 0.1) is 22.4 Å². The van der Waals surface area contributed by atoms with E-state index in [4.69, 9.17) is 0 Å². The Morgan fingerprint density at radius 3 is 2.13 bits per heavy atom. The molecule has 1 aromatic heterocycles. The minimum absolute atomic E-state index is 0.317. The molecule has 0 bridgehead atoms. The van der Waals surface area contributed by atoms with Gasteiger partial charge in [-0.1, -0.05) is 36.4 Å². The Kier molecular flexibility index (Phi) is 4.36. The van der Waals surface area contributed by atoms with Crippen LogP contribution in [0.4, 0.5) is 13.2 Å². The van der Waals surface area contributed by atoms with Gasteiger partial charge in [0.2, 0.25) is 0 Å². The molecule has 0 N–H and O–H groups in total. The summed E-state index contributed by atoms with van der Waals surface area (Å²) in [6, 6.07) is 13.2. The van der Waals surface area contributed by atoms with E-state index in [1.165, 1.54) is 12.1 Å². The molecular weight excluding hydrogens is 405 g/mol. The first kappa shape index (κ1) is 19.4. The molecule has 0 radical (unpaired) electrons. The molecule has 0 spiro atoms. The molecule has 0 unspecified atom stereocenters. The molecule has 31 heavy (non-hydrogen) atoms. The van der Waals surface area contributed by atoms with Crippen molar-refractivity contribution < 1.29 is 22.8 Å². The lowest BCUT2D eigenvalue weighted by Gasteiger charge is -2.22. The van der Waals surface area contributed by atoms with Crippen LogP contribution in [0.3, 0.4) is 0 Å². The second kappa shape index (κ2) is 6.97. The summed E-state index contributed by atoms with van der Waals surface area (Å²) >= 11 is 0. The van der Waals surface area contributed by atoms with Crippen LogP contribution in [0, 0.1) is 0 Å². The van der Waals surface area contributed by atoms with Gasteiger partial charge in [0.25, 0.3) is 11.8 Å². The lowest BCUT2D eigenvalue weighted by atomic mass is 10.1. The Morgan fingerprint density at radius 1 is 0.871 bits per heavy atom. The number of hydrogen-bond donors (Lipinski definition) is 0. The number of carbonyl (C=O) groups excluding carboxylic acids is 2. The highest BCUT2D eigenvalue weighted by Crippen LogP contribution is 2.35. The lowest BCUT2D eigenvalue weighted by Crippen LogP contribution is -2.41. The molecule has 7 heteroatoms. The molecule has 0 atom stereocenters. The zero-order valence-corrected chi connectivity index (χ0v) is 16.3. The molecule has 0 fully saturated rings. The Balaban J connectivity index is 1.69. The average molecular weight is 422 g/mol. The summed E-state index contributed by atoms with van der Waals surface area (Å²) in [7, 11) is 0. The van der Waals surface area contributed by atoms with Crippen molar-refractivity contribution in [2.75, 3.05) is 5.01 Å². The van der Waals surface area contributed by atoms with E-state index in [9.17, 15) is 22.8 Å². The fourth-order valence-corrected chi connectivity index (χ4v) is 4.17. The van der Waals surface area contributed by atoms with Gasteiger partial charge in [0, 0.05) is 11.3 Å². The molecule has 0 saturated carbocycles. The van der Waals surface area contributed by atoms with Crippen molar-refractivity contribution in [2.24, 2.45) is 0 Å².